The number of piperazine rings is 1. The Balaban J connectivity index is 1.56. The minimum Gasteiger partial charge on any atom is -0.493 e. The lowest BCUT2D eigenvalue weighted by atomic mass is 10.1. The van der Waals surface area contributed by atoms with E-state index in [0.717, 1.165) is 5.56 Å². The minimum atomic E-state index is -0.427. The van der Waals surface area contributed by atoms with E-state index in [4.69, 9.17) is 9.47 Å². The van der Waals surface area contributed by atoms with Gasteiger partial charge in [-0.3, -0.25) is 9.59 Å². The van der Waals surface area contributed by atoms with Gasteiger partial charge in [0.15, 0.2) is 23.9 Å². The van der Waals surface area contributed by atoms with Gasteiger partial charge in [-0.2, -0.15) is 0 Å². The summed E-state index contributed by atoms with van der Waals surface area (Å²) in [6, 6.07) is 10.0. The Morgan fingerprint density at radius 1 is 1.06 bits per heavy atom. The highest BCUT2D eigenvalue weighted by molar-refractivity contribution is 5.94. The normalized spacial score (nSPS) is 14.1. The summed E-state index contributed by atoms with van der Waals surface area (Å²) in [5.41, 5.74) is 1.78. The van der Waals surface area contributed by atoms with Crippen molar-refractivity contribution in [2.45, 2.75) is 13.8 Å². The number of ketones is 1. The molecule has 0 aromatic heterocycles. The number of benzene rings is 2. The van der Waals surface area contributed by atoms with E-state index in [0.29, 0.717) is 48.9 Å². The zero-order valence-electron chi connectivity index (χ0n) is 18.1. The number of ether oxygens (including phenoxy) is 2. The number of rotatable bonds is 7. The Labute approximate surface area is 181 Å². The molecule has 1 fully saturated rings. The van der Waals surface area contributed by atoms with Crippen LogP contribution in [-0.2, 0) is 4.79 Å². The lowest BCUT2D eigenvalue weighted by Crippen LogP contribution is -2.50. The molecule has 0 aliphatic carbocycles. The van der Waals surface area contributed by atoms with Gasteiger partial charge in [-0.15, -0.1) is 0 Å². The van der Waals surface area contributed by atoms with Crippen molar-refractivity contribution in [2.24, 2.45) is 0 Å². The van der Waals surface area contributed by atoms with Crippen LogP contribution in [-0.4, -0.2) is 56.5 Å². The van der Waals surface area contributed by atoms with Crippen LogP contribution >= 0.6 is 0 Å². The Hall–Kier alpha value is -3.35. The summed E-state index contributed by atoms with van der Waals surface area (Å²) >= 11 is 0. The maximum Gasteiger partial charge on any atom is 0.260 e. The molecule has 1 amide bonds. The first-order valence-electron chi connectivity index (χ1n) is 10.2. The van der Waals surface area contributed by atoms with Gasteiger partial charge in [-0.25, -0.2) is 4.39 Å². The van der Waals surface area contributed by atoms with Gasteiger partial charge in [0.25, 0.3) is 5.91 Å². The first-order chi connectivity index (χ1) is 14.9. The Bertz CT molecular complexity index is 982. The summed E-state index contributed by atoms with van der Waals surface area (Å²) in [5, 5.41) is 0. The molecule has 0 N–H and O–H groups in total. The highest BCUT2D eigenvalue weighted by Gasteiger charge is 2.23. The molecule has 164 valence electrons. The molecular formula is C24H27FN2O4. The standard InChI is InChI=1S/C24H27FN2O4/c1-4-5-18-6-9-22(23(14-18)30-3)31-16-24(29)27-12-10-26(11-13-27)21-8-7-19(17(2)28)15-20(21)25/h4-9,14-15H,10-13,16H2,1-3H3/b5-4+. The van der Waals surface area contributed by atoms with E-state index in [1.807, 2.05) is 36.1 Å². The minimum absolute atomic E-state index is 0.0962. The fraction of sp³-hybridized carbons (Fsp3) is 0.333. The number of hydrogen-bond acceptors (Lipinski definition) is 5. The second-order valence-corrected chi connectivity index (χ2v) is 7.29. The number of methoxy groups -OCH3 is 1. The lowest BCUT2D eigenvalue weighted by Gasteiger charge is -2.36. The van der Waals surface area contributed by atoms with Crippen LogP contribution in [0, 0.1) is 5.82 Å². The van der Waals surface area contributed by atoms with Gasteiger partial charge < -0.3 is 19.3 Å². The monoisotopic (exact) mass is 426 g/mol. The zero-order valence-corrected chi connectivity index (χ0v) is 18.1. The van der Waals surface area contributed by atoms with Crippen LogP contribution < -0.4 is 14.4 Å². The van der Waals surface area contributed by atoms with E-state index in [1.165, 1.54) is 13.0 Å². The molecule has 1 aliphatic rings. The second-order valence-electron chi connectivity index (χ2n) is 7.29. The molecule has 2 aromatic carbocycles. The van der Waals surface area contributed by atoms with Crippen LogP contribution in [0.3, 0.4) is 0 Å². The van der Waals surface area contributed by atoms with E-state index >= 15 is 0 Å². The van der Waals surface area contributed by atoms with Crippen molar-refractivity contribution in [3.63, 3.8) is 0 Å². The highest BCUT2D eigenvalue weighted by Crippen LogP contribution is 2.29. The maximum absolute atomic E-state index is 14.4. The van der Waals surface area contributed by atoms with Crippen molar-refractivity contribution >= 4 is 23.5 Å². The topological polar surface area (TPSA) is 59.1 Å². The number of hydrogen-bond donors (Lipinski definition) is 0. The first-order valence-corrected chi connectivity index (χ1v) is 10.2. The number of Topliss-reactive ketones (excluding diaryl/α,β-unsaturated/α-hetero) is 1. The first kappa shape index (κ1) is 22.3. The zero-order chi connectivity index (χ0) is 22.4. The summed E-state index contributed by atoms with van der Waals surface area (Å²) in [4.78, 5) is 27.6. The molecule has 0 radical (unpaired) electrons. The molecule has 3 rings (SSSR count). The smallest absolute Gasteiger partial charge is 0.260 e. The van der Waals surface area contributed by atoms with Crippen molar-refractivity contribution in [3.05, 3.63) is 59.4 Å². The summed E-state index contributed by atoms with van der Waals surface area (Å²) < 4.78 is 25.5. The molecule has 6 nitrogen and oxygen atoms in total. The molecule has 7 heteroatoms. The summed E-state index contributed by atoms with van der Waals surface area (Å²) in [6.07, 6.45) is 3.88. The predicted octanol–water partition coefficient (Wildman–Crippen LogP) is 3.80. The number of amides is 1. The van der Waals surface area contributed by atoms with Gasteiger partial charge in [-0.05, 0) is 49.7 Å². The molecule has 1 heterocycles. The van der Waals surface area contributed by atoms with Crippen LogP contribution in [0.2, 0.25) is 0 Å². The van der Waals surface area contributed by atoms with Crippen molar-refractivity contribution < 1.29 is 23.5 Å². The van der Waals surface area contributed by atoms with Gasteiger partial charge in [0.2, 0.25) is 0 Å². The van der Waals surface area contributed by atoms with Crippen LogP contribution in [0.25, 0.3) is 6.08 Å². The van der Waals surface area contributed by atoms with E-state index in [-0.39, 0.29) is 18.3 Å². The number of carbonyl (C=O) groups is 2. The molecule has 1 aliphatic heterocycles. The van der Waals surface area contributed by atoms with Gasteiger partial charge in [0.1, 0.15) is 5.82 Å². The number of carbonyl (C=O) groups excluding carboxylic acids is 2. The van der Waals surface area contributed by atoms with Crippen LogP contribution in [0.5, 0.6) is 11.5 Å². The quantitative estimate of drug-likeness (QED) is 0.631. The van der Waals surface area contributed by atoms with Crippen molar-refractivity contribution in [3.8, 4) is 11.5 Å². The largest absolute Gasteiger partial charge is 0.493 e. The molecule has 0 bridgehead atoms. The molecule has 0 unspecified atom stereocenters. The van der Waals surface area contributed by atoms with Crippen LogP contribution in [0.4, 0.5) is 10.1 Å². The van der Waals surface area contributed by atoms with E-state index in [2.05, 4.69) is 0 Å². The van der Waals surface area contributed by atoms with E-state index in [9.17, 15) is 14.0 Å². The summed E-state index contributed by atoms with van der Waals surface area (Å²) in [7, 11) is 1.56. The van der Waals surface area contributed by atoms with Crippen molar-refractivity contribution in [1.29, 1.82) is 0 Å². The Kier molecular flexibility index (Phi) is 7.28. The fourth-order valence-electron chi connectivity index (χ4n) is 3.51. The summed E-state index contributed by atoms with van der Waals surface area (Å²) in [6.45, 7) is 5.19. The third kappa shape index (κ3) is 5.42. The van der Waals surface area contributed by atoms with E-state index in [1.54, 1.807) is 30.2 Å². The SMILES string of the molecule is C/C=C/c1ccc(OCC(=O)N2CCN(c3ccc(C(C)=O)cc3F)CC2)c(OC)c1. The molecular weight excluding hydrogens is 399 g/mol. The van der Waals surface area contributed by atoms with Gasteiger partial charge >= 0.3 is 0 Å². The average Bonchev–Trinajstić information content (AvgIpc) is 2.78. The molecule has 0 spiro atoms. The Morgan fingerprint density at radius 3 is 2.42 bits per heavy atom. The number of allylic oxidation sites excluding steroid dienone is 1. The highest BCUT2D eigenvalue weighted by atomic mass is 19.1. The van der Waals surface area contributed by atoms with Crippen molar-refractivity contribution in [2.75, 3.05) is 44.8 Å². The van der Waals surface area contributed by atoms with Gasteiger partial charge in [0.05, 0.1) is 12.8 Å². The molecule has 0 atom stereocenters. The van der Waals surface area contributed by atoms with Gasteiger partial charge in [-0.1, -0.05) is 18.2 Å². The number of halogens is 1. The number of anilines is 1. The molecule has 0 saturated carbocycles. The third-order valence-electron chi connectivity index (χ3n) is 5.23. The van der Waals surface area contributed by atoms with E-state index < -0.39 is 5.82 Å². The maximum atomic E-state index is 14.4. The molecule has 1 saturated heterocycles. The molecule has 31 heavy (non-hydrogen) atoms. The average molecular weight is 426 g/mol. The molecule has 2 aromatic rings. The number of nitrogens with zero attached hydrogens (tertiary/aromatic N) is 2. The predicted molar refractivity (Wildman–Crippen MR) is 118 cm³/mol. The van der Waals surface area contributed by atoms with Crippen LogP contribution in [0.15, 0.2) is 42.5 Å². The van der Waals surface area contributed by atoms with Crippen molar-refractivity contribution in [1.82, 2.24) is 4.90 Å². The summed E-state index contributed by atoms with van der Waals surface area (Å²) in [5.74, 6) is 0.345. The second kappa shape index (κ2) is 10.1. The fourth-order valence-corrected chi connectivity index (χ4v) is 3.51. The van der Waals surface area contributed by atoms with Gasteiger partial charge in [0, 0.05) is 31.7 Å². The lowest BCUT2D eigenvalue weighted by molar-refractivity contribution is -0.133. The third-order valence-corrected chi connectivity index (χ3v) is 5.23. The Morgan fingerprint density at radius 2 is 1.81 bits per heavy atom. The van der Waals surface area contributed by atoms with Crippen LogP contribution in [0.1, 0.15) is 29.8 Å².